The van der Waals surface area contributed by atoms with Crippen molar-refractivity contribution in [3.05, 3.63) is 5.82 Å². The van der Waals surface area contributed by atoms with Crippen LogP contribution in [0.4, 0.5) is 0 Å². The number of nitrogens with zero attached hydrogens (tertiary/aromatic N) is 4. The zero-order chi connectivity index (χ0) is 15.4. The van der Waals surface area contributed by atoms with E-state index in [1.54, 1.807) is 0 Å². The molecule has 1 atom stereocenters. The first-order chi connectivity index (χ1) is 10.7. The van der Waals surface area contributed by atoms with E-state index in [9.17, 15) is 4.79 Å². The molecule has 1 aromatic heterocycles. The lowest BCUT2D eigenvalue weighted by Crippen LogP contribution is -2.36. The maximum absolute atomic E-state index is 12.3. The number of carbonyl (C=O) groups excluding carboxylic acids is 1. The summed E-state index contributed by atoms with van der Waals surface area (Å²) in [7, 11) is 0. The summed E-state index contributed by atoms with van der Waals surface area (Å²) in [6.07, 6.45) is 5.98. The molecular weight excluding hydrogens is 300 g/mol. The van der Waals surface area contributed by atoms with Crippen molar-refractivity contribution in [2.45, 2.75) is 56.8 Å². The first-order valence-corrected chi connectivity index (χ1v) is 9.14. The van der Waals surface area contributed by atoms with Gasteiger partial charge in [-0.3, -0.25) is 4.79 Å². The molecule has 0 aliphatic carbocycles. The molecule has 0 radical (unpaired) electrons. The standard InChI is InChI=1S/C15H24N4O2S/c1-12-16-17-15(19(12)10-13-6-5-9-21-13)22-11-14(20)18-7-3-2-4-8-18/h13H,2-11H2,1H3/t13-/m0/s1. The Morgan fingerprint density at radius 3 is 2.82 bits per heavy atom. The minimum absolute atomic E-state index is 0.217. The normalized spacial score (nSPS) is 22.2. The van der Waals surface area contributed by atoms with Crippen molar-refractivity contribution in [1.82, 2.24) is 19.7 Å². The van der Waals surface area contributed by atoms with E-state index in [4.69, 9.17) is 4.74 Å². The molecule has 0 bridgehead atoms. The molecule has 2 saturated heterocycles. The van der Waals surface area contributed by atoms with Gasteiger partial charge in [-0.25, -0.2) is 0 Å². The number of ether oxygens (including phenoxy) is 1. The molecule has 2 aliphatic heterocycles. The third-order valence-electron chi connectivity index (χ3n) is 4.35. The molecule has 1 amide bonds. The summed E-state index contributed by atoms with van der Waals surface area (Å²) < 4.78 is 7.78. The summed E-state index contributed by atoms with van der Waals surface area (Å²) in [5.41, 5.74) is 0. The second kappa shape index (κ2) is 7.46. The number of rotatable bonds is 5. The van der Waals surface area contributed by atoms with Crippen LogP contribution in [0.15, 0.2) is 5.16 Å². The molecule has 22 heavy (non-hydrogen) atoms. The summed E-state index contributed by atoms with van der Waals surface area (Å²) in [4.78, 5) is 14.2. The second-order valence-corrected chi connectivity index (χ2v) is 6.95. The van der Waals surface area contributed by atoms with Crippen LogP contribution in [0, 0.1) is 6.92 Å². The average molecular weight is 324 g/mol. The van der Waals surface area contributed by atoms with E-state index in [1.807, 2.05) is 11.8 Å². The Kier molecular flexibility index (Phi) is 5.36. The van der Waals surface area contributed by atoms with Crippen molar-refractivity contribution in [3.8, 4) is 0 Å². The lowest BCUT2D eigenvalue weighted by atomic mass is 10.1. The van der Waals surface area contributed by atoms with Crippen LogP contribution in [0.25, 0.3) is 0 Å². The van der Waals surface area contributed by atoms with E-state index in [0.29, 0.717) is 5.75 Å². The number of hydrogen-bond acceptors (Lipinski definition) is 5. The zero-order valence-electron chi connectivity index (χ0n) is 13.2. The van der Waals surface area contributed by atoms with Gasteiger partial charge in [-0.15, -0.1) is 10.2 Å². The Labute approximate surface area is 135 Å². The van der Waals surface area contributed by atoms with Crippen LogP contribution in [0.2, 0.25) is 0 Å². The van der Waals surface area contributed by atoms with Gasteiger partial charge in [-0.2, -0.15) is 0 Å². The van der Waals surface area contributed by atoms with Crippen LogP contribution in [-0.2, 0) is 16.1 Å². The molecule has 0 aromatic carbocycles. The van der Waals surface area contributed by atoms with Gasteiger partial charge in [-0.1, -0.05) is 11.8 Å². The van der Waals surface area contributed by atoms with Crippen molar-refractivity contribution < 1.29 is 9.53 Å². The summed E-state index contributed by atoms with van der Waals surface area (Å²) in [6.45, 7) is 5.40. The SMILES string of the molecule is Cc1nnc(SCC(=O)N2CCCCC2)n1C[C@@H]1CCCO1. The number of likely N-dealkylation sites (tertiary alicyclic amines) is 1. The number of amides is 1. The Hall–Kier alpha value is -1.08. The fourth-order valence-corrected chi connectivity index (χ4v) is 3.93. The fraction of sp³-hybridized carbons (Fsp3) is 0.800. The fourth-order valence-electron chi connectivity index (χ4n) is 3.03. The molecule has 2 aliphatic rings. The van der Waals surface area contributed by atoms with E-state index in [1.165, 1.54) is 18.2 Å². The third kappa shape index (κ3) is 3.81. The van der Waals surface area contributed by atoms with Crippen LogP contribution >= 0.6 is 11.8 Å². The monoisotopic (exact) mass is 324 g/mol. The molecule has 3 heterocycles. The Morgan fingerprint density at radius 2 is 2.09 bits per heavy atom. The molecule has 0 saturated carbocycles. The predicted molar refractivity (Wildman–Crippen MR) is 84.9 cm³/mol. The Morgan fingerprint density at radius 1 is 1.27 bits per heavy atom. The number of carbonyl (C=O) groups is 1. The van der Waals surface area contributed by atoms with Gasteiger partial charge < -0.3 is 14.2 Å². The molecule has 0 spiro atoms. The van der Waals surface area contributed by atoms with Gasteiger partial charge in [0, 0.05) is 19.7 Å². The molecule has 122 valence electrons. The Balaban J connectivity index is 1.56. The molecule has 3 rings (SSSR count). The zero-order valence-corrected chi connectivity index (χ0v) is 14.0. The number of aryl methyl sites for hydroxylation is 1. The van der Waals surface area contributed by atoms with Crippen LogP contribution in [0.5, 0.6) is 0 Å². The van der Waals surface area contributed by atoms with Crippen molar-refractivity contribution in [2.75, 3.05) is 25.4 Å². The maximum Gasteiger partial charge on any atom is 0.233 e. The number of hydrogen-bond donors (Lipinski definition) is 0. The van der Waals surface area contributed by atoms with E-state index < -0.39 is 0 Å². The highest BCUT2D eigenvalue weighted by atomic mass is 32.2. The number of piperidine rings is 1. The van der Waals surface area contributed by atoms with Crippen molar-refractivity contribution in [1.29, 1.82) is 0 Å². The second-order valence-electron chi connectivity index (χ2n) is 6.01. The van der Waals surface area contributed by atoms with Crippen LogP contribution in [-0.4, -0.2) is 57.1 Å². The first-order valence-electron chi connectivity index (χ1n) is 8.16. The van der Waals surface area contributed by atoms with Crippen LogP contribution < -0.4 is 0 Å². The van der Waals surface area contributed by atoms with E-state index in [2.05, 4.69) is 14.8 Å². The quantitative estimate of drug-likeness (QED) is 0.774. The van der Waals surface area contributed by atoms with E-state index >= 15 is 0 Å². The highest BCUT2D eigenvalue weighted by molar-refractivity contribution is 7.99. The summed E-state index contributed by atoms with van der Waals surface area (Å²) in [5.74, 6) is 1.56. The summed E-state index contributed by atoms with van der Waals surface area (Å²) in [5, 5.41) is 9.22. The molecule has 0 unspecified atom stereocenters. The highest BCUT2D eigenvalue weighted by Gasteiger charge is 2.21. The topological polar surface area (TPSA) is 60.2 Å². The molecular formula is C15H24N4O2S. The summed E-state index contributed by atoms with van der Waals surface area (Å²) in [6, 6.07) is 0. The van der Waals surface area contributed by atoms with Gasteiger partial charge in [0.2, 0.25) is 5.91 Å². The van der Waals surface area contributed by atoms with Gasteiger partial charge >= 0.3 is 0 Å². The van der Waals surface area contributed by atoms with Crippen LogP contribution in [0.1, 0.15) is 37.9 Å². The van der Waals surface area contributed by atoms with Gasteiger partial charge in [0.05, 0.1) is 18.4 Å². The van der Waals surface area contributed by atoms with Gasteiger partial charge in [-0.05, 0) is 39.0 Å². The average Bonchev–Trinajstić information content (AvgIpc) is 3.18. The molecule has 7 heteroatoms. The van der Waals surface area contributed by atoms with Crippen molar-refractivity contribution in [3.63, 3.8) is 0 Å². The minimum Gasteiger partial charge on any atom is -0.376 e. The van der Waals surface area contributed by atoms with Gasteiger partial charge in [0.1, 0.15) is 5.82 Å². The highest BCUT2D eigenvalue weighted by Crippen LogP contribution is 2.22. The number of thioether (sulfide) groups is 1. The van der Waals surface area contributed by atoms with Gasteiger partial charge in [0.15, 0.2) is 5.16 Å². The molecule has 1 aromatic rings. The third-order valence-corrected chi connectivity index (χ3v) is 5.30. The van der Waals surface area contributed by atoms with E-state index in [-0.39, 0.29) is 12.0 Å². The molecule has 0 N–H and O–H groups in total. The van der Waals surface area contributed by atoms with Crippen LogP contribution in [0.3, 0.4) is 0 Å². The predicted octanol–water partition coefficient (Wildman–Crippen LogP) is 1.87. The van der Waals surface area contributed by atoms with E-state index in [0.717, 1.165) is 62.9 Å². The largest absolute Gasteiger partial charge is 0.376 e. The van der Waals surface area contributed by atoms with Crippen molar-refractivity contribution in [2.24, 2.45) is 0 Å². The minimum atomic E-state index is 0.217. The van der Waals surface area contributed by atoms with Crippen molar-refractivity contribution >= 4 is 17.7 Å². The molecule has 6 nitrogen and oxygen atoms in total. The smallest absolute Gasteiger partial charge is 0.233 e. The van der Waals surface area contributed by atoms with Gasteiger partial charge in [0.25, 0.3) is 0 Å². The summed E-state index contributed by atoms with van der Waals surface area (Å²) >= 11 is 1.50. The molecule has 2 fully saturated rings. The lowest BCUT2D eigenvalue weighted by molar-refractivity contribution is -0.129. The maximum atomic E-state index is 12.3. The lowest BCUT2D eigenvalue weighted by Gasteiger charge is -2.26. The Bertz CT molecular complexity index is 508. The number of aromatic nitrogens is 3. The first kappa shape index (κ1) is 15.8.